The summed E-state index contributed by atoms with van der Waals surface area (Å²) in [6.07, 6.45) is 6.26. The molecule has 0 radical (unpaired) electrons. The maximum Gasteiger partial charge on any atom is 0.255 e. The Labute approximate surface area is 212 Å². The predicted octanol–water partition coefficient (Wildman–Crippen LogP) is 4.99. The van der Waals surface area contributed by atoms with Crippen LogP contribution in [-0.2, 0) is 4.74 Å². The van der Waals surface area contributed by atoms with Gasteiger partial charge < -0.3 is 25.8 Å². The number of anilines is 3. The van der Waals surface area contributed by atoms with E-state index in [9.17, 15) is 9.90 Å². The van der Waals surface area contributed by atoms with Crippen LogP contribution in [0.15, 0.2) is 30.6 Å². The number of hydrogen-bond donors (Lipinski definition) is 5. The monoisotopic (exact) mass is 514 g/mol. The number of hydrogen-bond acceptors (Lipinski definition) is 8. The number of nitrogens with one attached hydrogen (secondary N) is 4. The molecule has 9 nitrogen and oxygen atoms in total. The Hall–Kier alpha value is -3.21. The highest BCUT2D eigenvalue weighted by Crippen LogP contribution is 2.33. The summed E-state index contributed by atoms with van der Waals surface area (Å²) in [6, 6.07) is 5.30. The highest BCUT2D eigenvalue weighted by atomic mass is 35.5. The molecule has 1 aliphatic rings. The van der Waals surface area contributed by atoms with Gasteiger partial charge in [-0.25, -0.2) is 0 Å². The van der Waals surface area contributed by atoms with Crippen molar-refractivity contribution in [2.45, 2.75) is 39.2 Å². The second-order valence-corrected chi connectivity index (χ2v) is 9.54. The molecule has 0 spiro atoms. The highest BCUT2D eigenvalue weighted by molar-refractivity contribution is 7.11. The molecular weight excluding hydrogens is 488 g/mol. The molecular formula is C24H27ClN6O3S. The van der Waals surface area contributed by atoms with Gasteiger partial charge in [0, 0.05) is 36.8 Å². The molecule has 1 fully saturated rings. The molecule has 5 N–H and O–H groups in total. The first-order chi connectivity index (χ1) is 16.8. The lowest BCUT2D eigenvalue weighted by molar-refractivity contribution is 0.102. The molecule has 1 aliphatic heterocycles. The smallest absolute Gasteiger partial charge is 0.255 e. The summed E-state index contributed by atoms with van der Waals surface area (Å²) in [4.78, 5) is 16.9. The van der Waals surface area contributed by atoms with Crippen LogP contribution in [-0.4, -0.2) is 45.5 Å². The van der Waals surface area contributed by atoms with Gasteiger partial charge in [0.15, 0.2) is 0 Å². The molecule has 0 aliphatic carbocycles. The molecule has 1 amide bonds. The van der Waals surface area contributed by atoms with Gasteiger partial charge in [0.05, 0.1) is 16.8 Å². The number of halogens is 1. The van der Waals surface area contributed by atoms with Crippen LogP contribution in [0.1, 0.15) is 46.3 Å². The number of nitrogens with zero attached hydrogens (tertiary/aromatic N) is 2. The van der Waals surface area contributed by atoms with Crippen molar-refractivity contribution >= 4 is 51.3 Å². The summed E-state index contributed by atoms with van der Waals surface area (Å²) in [7, 11) is 0. The van der Waals surface area contributed by atoms with Crippen LogP contribution < -0.4 is 16.0 Å². The van der Waals surface area contributed by atoms with Crippen LogP contribution in [0.25, 0.3) is 0 Å². The van der Waals surface area contributed by atoms with Gasteiger partial charge in [0.25, 0.3) is 5.91 Å². The molecule has 11 heteroatoms. The topological polar surface area (TPSA) is 132 Å². The van der Waals surface area contributed by atoms with E-state index < -0.39 is 0 Å². The summed E-state index contributed by atoms with van der Waals surface area (Å²) >= 11 is 7.25. The quantitative estimate of drug-likeness (QED) is 0.211. The van der Waals surface area contributed by atoms with Crippen molar-refractivity contribution in [2.24, 2.45) is 0 Å². The number of aryl methyl sites for hydroxylation is 2. The van der Waals surface area contributed by atoms with Crippen molar-refractivity contribution < 1.29 is 14.6 Å². The van der Waals surface area contributed by atoms with Crippen LogP contribution in [0.3, 0.4) is 0 Å². The molecule has 184 valence electrons. The Morgan fingerprint density at radius 3 is 2.86 bits per heavy atom. The van der Waals surface area contributed by atoms with E-state index in [2.05, 4.69) is 25.3 Å². The van der Waals surface area contributed by atoms with Gasteiger partial charge in [-0.15, -0.1) is 0 Å². The van der Waals surface area contributed by atoms with Gasteiger partial charge in [-0.2, -0.15) is 4.37 Å². The lowest BCUT2D eigenvalue weighted by Crippen LogP contribution is -2.27. The minimum Gasteiger partial charge on any atom is -0.492 e. The molecule has 0 saturated carbocycles. The third-order valence-corrected chi connectivity index (χ3v) is 6.81. The average molecular weight is 515 g/mol. The van der Waals surface area contributed by atoms with Gasteiger partial charge in [0.2, 0.25) is 5.88 Å². The lowest BCUT2D eigenvalue weighted by Gasteiger charge is -2.14. The fourth-order valence-corrected chi connectivity index (χ4v) is 4.88. The van der Waals surface area contributed by atoms with E-state index in [0.29, 0.717) is 39.1 Å². The zero-order valence-corrected chi connectivity index (χ0v) is 21.0. The molecule has 1 unspecified atom stereocenters. The minimum atomic E-state index is -0.279. The Morgan fingerprint density at radius 1 is 1.31 bits per heavy atom. The molecule has 4 rings (SSSR count). The van der Waals surface area contributed by atoms with E-state index >= 15 is 0 Å². The van der Waals surface area contributed by atoms with Gasteiger partial charge >= 0.3 is 0 Å². The van der Waals surface area contributed by atoms with Gasteiger partial charge in [-0.3, -0.25) is 15.2 Å². The van der Waals surface area contributed by atoms with Gasteiger partial charge in [-0.1, -0.05) is 11.6 Å². The van der Waals surface area contributed by atoms with E-state index in [1.165, 1.54) is 6.20 Å². The predicted molar refractivity (Wildman–Crippen MR) is 139 cm³/mol. The maximum atomic E-state index is 12.9. The first-order valence-electron chi connectivity index (χ1n) is 11.3. The number of aromatic nitrogens is 2. The standard InChI is InChI=1S/C24H27ClN6O3S/c1-13-10-15(5-6-17(13)22(32)30-20-14(2)11-27-12-18(20)25)29-24-19(23(33)31-35-24)21(26)28-8-7-16-4-3-9-34-16/h5-6,10-12,16,29H,3-4,7-9H2,1-2H3,(H2,26,28)(H,31,33)(H,27,30,32). The lowest BCUT2D eigenvalue weighted by atomic mass is 10.1. The van der Waals surface area contributed by atoms with E-state index in [4.69, 9.17) is 21.7 Å². The van der Waals surface area contributed by atoms with Gasteiger partial charge in [0.1, 0.15) is 16.4 Å². The number of carbonyl (C=O) groups excluding carboxylic acids is 1. The number of aromatic hydroxyl groups is 1. The van der Waals surface area contributed by atoms with E-state index in [1.54, 1.807) is 18.3 Å². The van der Waals surface area contributed by atoms with Crippen LogP contribution in [0.5, 0.6) is 5.88 Å². The first kappa shape index (κ1) is 24.9. The summed E-state index contributed by atoms with van der Waals surface area (Å²) < 4.78 is 9.61. The van der Waals surface area contributed by atoms with Crippen molar-refractivity contribution in [3.63, 3.8) is 0 Å². The summed E-state index contributed by atoms with van der Waals surface area (Å²) in [6.45, 7) is 5.02. The van der Waals surface area contributed by atoms with Crippen molar-refractivity contribution in [1.29, 1.82) is 5.41 Å². The number of carbonyl (C=O) groups is 1. The van der Waals surface area contributed by atoms with Gasteiger partial charge in [-0.05, 0) is 74.0 Å². The normalized spacial score (nSPS) is 15.1. The minimum absolute atomic E-state index is 0.0917. The molecule has 3 heterocycles. The van der Waals surface area contributed by atoms with E-state index in [0.717, 1.165) is 48.5 Å². The van der Waals surface area contributed by atoms with Crippen molar-refractivity contribution in [1.82, 2.24) is 14.7 Å². The van der Waals surface area contributed by atoms with E-state index in [1.807, 2.05) is 19.9 Å². The first-order valence-corrected chi connectivity index (χ1v) is 12.4. The number of amidine groups is 1. The fourth-order valence-electron chi connectivity index (χ4n) is 3.91. The second-order valence-electron chi connectivity index (χ2n) is 8.36. The zero-order chi connectivity index (χ0) is 24.9. The van der Waals surface area contributed by atoms with Crippen LogP contribution >= 0.6 is 23.1 Å². The summed E-state index contributed by atoms with van der Waals surface area (Å²) in [5.41, 5.74) is 3.56. The van der Waals surface area contributed by atoms with E-state index in [-0.39, 0.29) is 23.7 Å². The Kier molecular flexibility index (Phi) is 7.84. The third kappa shape index (κ3) is 5.90. The molecule has 1 atom stereocenters. The Bertz CT molecular complexity index is 1220. The number of ether oxygens (including phenoxy) is 1. The van der Waals surface area contributed by atoms with Crippen molar-refractivity contribution in [3.8, 4) is 5.88 Å². The SMILES string of the molecule is Cc1cc(Nc2snc(O)c2C(=N)NCCC2CCCO2)ccc1C(=O)Nc1c(C)cncc1Cl. The van der Waals surface area contributed by atoms with Crippen LogP contribution in [0.4, 0.5) is 16.4 Å². The number of pyridine rings is 1. The number of rotatable bonds is 8. The highest BCUT2D eigenvalue weighted by Gasteiger charge is 2.20. The molecule has 35 heavy (non-hydrogen) atoms. The Balaban J connectivity index is 1.43. The molecule has 3 aromatic rings. The average Bonchev–Trinajstić information content (AvgIpc) is 3.46. The molecule has 2 aromatic heterocycles. The largest absolute Gasteiger partial charge is 0.492 e. The fraction of sp³-hybridized carbons (Fsp3) is 0.333. The zero-order valence-electron chi connectivity index (χ0n) is 19.4. The molecule has 0 bridgehead atoms. The summed E-state index contributed by atoms with van der Waals surface area (Å²) in [5, 5.41) is 28.6. The van der Waals surface area contributed by atoms with Crippen LogP contribution in [0.2, 0.25) is 5.02 Å². The number of benzene rings is 1. The van der Waals surface area contributed by atoms with Crippen LogP contribution in [0, 0.1) is 19.3 Å². The van der Waals surface area contributed by atoms with Crippen molar-refractivity contribution in [2.75, 3.05) is 23.8 Å². The Morgan fingerprint density at radius 2 is 2.14 bits per heavy atom. The molecule has 1 saturated heterocycles. The third-order valence-electron chi connectivity index (χ3n) is 5.77. The second kappa shape index (κ2) is 11.0. The number of amides is 1. The maximum absolute atomic E-state index is 12.9. The van der Waals surface area contributed by atoms with Crippen molar-refractivity contribution in [3.05, 3.63) is 57.9 Å². The molecule has 1 aromatic carbocycles. The summed E-state index contributed by atoms with van der Waals surface area (Å²) in [5.74, 6) is -0.392.